The van der Waals surface area contributed by atoms with Gasteiger partial charge in [0, 0.05) is 29.4 Å². The molecule has 0 amide bonds. The molecule has 1 unspecified atom stereocenters. The molecule has 0 aliphatic heterocycles. The molecule has 1 atom stereocenters. The van der Waals surface area contributed by atoms with E-state index in [0.717, 1.165) is 17.5 Å². The summed E-state index contributed by atoms with van der Waals surface area (Å²) in [6, 6.07) is 8.59. The Hall–Kier alpha value is -1.32. The lowest BCUT2D eigenvalue weighted by atomic mass is 10.0. The van der Waals surface area contributed by atoms with Crippen molar-refractivity contribution in [3.05, 3.63) is 52.8 Å². The van der Waals surface area contributed by atoms with Crippen LogP contribution in [0.15, 0.2) is 36.7 Å². The van der Waals surface area contributed by atoms with Gasteiger partial charge < -0.3 is 5.32 Å². The van der Waals surface area contributed by atoms with E-state index in [1.807, 2.05) is 24.5 Å². The third-order valence-corrected chi connectivity index (χ3v) is 3.66. The Morgan fingerprint density at radius 1 is 1.33 bits per heavy atom. The molecule has 4 heteroatoms. The summed E-state index contributed by atoms with van der Waals surface area (Å²) >= 11 is 5.94. The fraction of sp³-hybridized carbons (Fsp3) is 0.357. The van der Waals surface area contributed by atoms with Crippen molar-refractivity contribution in [2.45, 2.75) is 25.4 Å². The Labute approximate surface area is 112 Å². The van der Waals surface area contributed by atoms with E-state index in [1.165, 1.54) is 24.0 Å². The first-order chi connectivity index (χ1) is 8.83. The van der Waals surface area contributed by atoms with Gasteiger partial charge in [-0.2, -0.15) is 5.10 Å². The smallest absolute Gasteiger partial charge is 0.0532 e. The average molecular weight is 262 g/mol. The van der Waals surface area contributed by atoms with Crippen molar-refractivity contribution in [3.8, 4) is 0 Å². The number of rotatable bonds is 5. The van der Waals surface area contributed by atoms with E-state index >= 15 is 0 Å². The van der Waals surface area contributed by atoms with Gasteiger partial charge in [0.05, 0.1) is 6.20 Å². The van der Waals surface area contributed by atoms with E-state index in [-0.39, 0.29) is 0 Å². The van der Waals surface area contributed by atoms with Crippen LogP contribution in [-0.4, -0.2) is 10.2 Å². The summed E-state index contributed by atoms with van der Waals surface area (Å²) in [6.45, 7) is 0.848. The maximum Gasteiger partial charge on any atom is 0.0532 e. The lowest BCUT2D eigenvalue weighted by Crippen LogP contribution is -2.22. The second kappa shape index (κ2) is 5.12. The van der Waals surface area contributed by atoms with Crippen LogP contribution in [0, 0.1) is 5.92 Å². The zero-order valence-electron chi connectivity index (χ0n) is 10.1. The van der Waals surface area contributed by atoms with Crippen LogP contribution in [0.1, 0.15) is 30.0 Å². The van der Waals surface area contributed by atoms with Gasteiger partial charge >= 0.3 is 0 Å². The minimum Gasteiger partial charge on any atom is -0.305 e. The summed E-state index contributed by atoms with van der Waals surface area (Å²) in [5, 5.41) is 11.2. The lowest BCUT2D eigenvalue weighted by molar-refractivity contribution is 0.480. The summed E-state index contributed by atoms with van der Waals surface area (Å²) in [6.07, 6.45) is 6.41. The Balaban J connectivity index is 1.70. The maximum absolute atomic E-state index is 5.94. The van der Waals surface area contributed by atoms with Crippen LogP contribution in [0.2, 0.25) is 5.02 Å². The van der Waals surface area contributed by atoms with E-state index in [0.29, 0.717) is 6.04 Å². The molecule has 18 heavy (non-hydrogen) atoms. The molecule has 1 aromatic carbocycles. The molecule has 2 N–H and O–H groups in total. The van der Waals surface area contributed by atoms with E-state index in [9.17, 15) is 0 Å². The summed E-state index contributed by atoms with van der Waals surface area (Å²) in [4.78, 5) is 0. The van der Waals surface area contributed by atoms with Crippen LogP contribution in [0.25, 0.3) is 0 Å². The Kier molecular flexibility index (Phi) is 3.35. The molecule has 1 heterocycles. The topological polar surface area (TPSA) is 40.7 Å². The number of nitrogens with one attached hydrogen (secondary N) is 2. The summed E-state index contributed by atoms with van der Waals surface area (Å²) in [5.74, 6) is 0.762. The third kappa shape index (κ3) is 2.74. The van der Waals surface area contributed by atoms with E-state index in [1.54, 1.807) is 0 Å². The van der Waals surface area contributed by atoms with Crippen LogP contribution in [0.5, 0.6) is 0 Å². The molecule has 0 saturated heterocycles. The first-order valence-electron chi connectivity index (χ1n) is 6.29. The van der Waals surface area contributed by atoms with Gasteiger partial charge in [-0.15, -0.1) is 0 Å². The first-order valence-corrected chi connectivity index (χ1v) is 6.67. The third-order valence-electron chi connectivity index (χ3n) is 3.40. The Bertz CT molecular complexity index is 488. The zero-order chi connectivity index (χ0) is 12.4. The van der Waals surface area contributed by atoms with Crippen molar-refractivity contribution in [1.82, 2.24) is 15.5 Å². The highest BCUT2D eigenvalue weighted by Crippen LogP contribution is 2.41. The number of aromatic amines is 1. The van der Waals surface area contributed by atoms with Gasteiger partial charge in [-0.3, -0.25) is 5.10 Å². The fourth-order valence-electron chi connectivity index (χ4n) is 2.26. The fourth-order valence-corrected chi connectivity index (χ4v) is 2.38. The predicted molar refractivity (Wildman–Crippen MR) is 72.3 cm³/mol. The highest BCUT2D eigenvalue weighted by molar-refractivity contribution is 6.30. The van der Waals surface area contributed by atoms with Crippen molar-refractivity contribution in [2.75, 3.05) is 0 Å². The summed E-state index contributed by atoms with van der Waals surface area (Å²) in [7, 11) is 0. The standard InChI is InChI=1S/C14H16ClN3/c15-13-5-3-12(4-6-13)14(11-1-2-11)16-7-10-8-17-18-9-10/h3-6,8-9,11,14,16H,1-2,7H2,(H,17,18). The highest BCUT2D eigenvalue weighted by atomic mass is 35.5. The number of aromatic nitrogens is 2. The minimum absolute atomic E-state index is 0.428. The van der Waals surface area contributed by atoms with Crippen LogP contribution in [-0.2, 0) is 6.54 Å². The molecular weight excluding hydrogens is 246 g/mol. The van der Waals surface area contributed by atoms with Crippen LogP contribution in [0.4, 0.5) is 0 Å². The number of hydrogen-bond acceptors (Lipinski definition) is 2. The molecule has 1 fully saturated rings. The van der Waals surface area contributed by atoms with Gasteiger partial charge in [0.2, 0.25) is 0 Å². The molecule has 1 aromatic heterocycles. The summed E-state index contributed by atoms with van der Waals surface area (Å²) < 4.78 is 0. The molecule has 94 valence electrons. The number of H-pyrrole nitrogens is 1. The largest absolute Gasteiger partial charge is 0.305 e. The second-order valence-electron chi connectivity index (χ2n) is 4.85. The Morgan fingerprint density at radius 3 is 2.72 bits per heavy atom. The van der Waals surface area contributed by atoms with Gasteiger partial charge in [0.1, 0.15) is 0 Å². The van der Waals surface area contributed by atoms with Gasteiger partial charge in [0.15, 0.2) is 0 Å². The molecule has 2 aromatic rings. The van der Waals surface area contributed by atoms with Crippen molar-refractivity contribution >= 4 is 11.6 Å². The minimum atomic E-state index is 0.428. The van der Waals surface area contributed by atoms with E-state index in [4.69, 9.17) is 11.6 Å². The Morgan fingerprint density at radius 2 is 2.11 bits per heavy atom. The first kappa shape index (κ1) is 11.8. The van der Waals surface area contributed by atoms with Gasteiger partial charge in [-0.1, -0.05) is 23.7 Å². The van der Waals surface area contributed by atoms with Crippen LogP contribution in [0.3, 0.4) is 0 Å². The highest BCUT2D eigenvalue weighted by Gasteiger charge is 2.31. The molecule has 3 nitrogen and oxygen atoms in total. The van der Waals surface area contributed by atoms with Crippen LogP contribution < -0.4 is 5.32 Å². The monoisotopic (exact) mass is 261 g/mol. The number of hydrogen-bond donors (Lipinski definition) is 2. The average Bonchev–Trinajstić information content (AvgIpc) is 3.08. The predicted octanol–water partition coefficient (Wildman–Crippen LogP) is 3.30. The van der Waals surface area contributed by atoms with Crippen molar-refractivity contribution < 1.29 is 0 Å². The molecule has 0 bridgehead atoms. The molecule has 1 saturated carbocycles. The van der Waals surface area contributed by atoms with Crippen molar-refractivity contribution in [1.29, 1.82) is 0 Å². The second-order valence-corrected chi connectivity index (χ2v) is 5.29. The quantitative estimate of drug-likeness (QED) is 0.867. The number of nitrogens with zero attached hydrogens (tertiary/aromatic N) is 1. The van der Waals surface area contributed by atoms with E-state index < -0.39 is 0 Å². The number of halogens is 1. The SMILES string of the molecule is Clc1ccc(C(NCc2cn[nH]c2)C2CC2)cc1. The maximum atomic E-state index is 5.94. The van der Waals surface area contributed by atoms with Gasteiger partial charge in [-0.25, -0.2) is 0 Å². The van der Waals surface area contributed by atoms with Crippen molar-refractivity contribution in [3.63, 3.8) is 0 Å². The van der Waals surface area contributed by atoms with Crippen molar-refractivity contribution in [2.24, 2.45) is 5.92 Å². The normalized spacial score (nSPS) is 16.7. The molecule has 0 spiro atoms. The number of benzene rings is 1. The molecular formula is C14H16ClN3. The van der Waals surface area contributed by atoms with Crippen LogP contribution >= 0.6 is 11.6 Å². The zero-order valence-corrected chi connectivity index (χ0v) is 10.8. The molecule has 3 rings (SSSR count). The molecule has 1 aliphatic rings. The molecule has 1 aliphatic carbocycles. The molecule has 0 radical (unpaired) electrons. The van der Waals surface area contributed by atoms with E-state index in [2.05, 4.69) is 27.6 Å². The lowest BCUT2D eigenvalue weighted by Gasteiger charge is -2.18. The summed E-state index contributed by atoms with van der Waals surface area (Å²) in [5.41, 5.74) is 2.51. The van der Waals surface area contributed by atoms with Gasteiger partial charge in [0.25, 0.3) is 0 Å². The van der Waals surface area contributed by atoms with Gasteiger partial charge in [-0.05, 0) is 36.5 Å².